The number of carbonyl (C=O) groups excluding carboxylic acids is 1. The monoisotopic (exact) mass is 527 g/mol. The molecular formula is C24H30BrN7O2. The lowest BCUT2D eigenvalue weighted by Gasteiger charge is -2.45. The van der Waals surface area contributed by atoms with Gasteiger partial charge in [-0.3, -0.25) is 4.90 Å². The van der Waals surface area contributed by atoms with E-state index in [0.29, 0.717) is 17.4 Å². The van der Waals surface area contributed by atoms with Crippen LogP contribution in [0, 0.1) is 0 Å². The van der Waals surface area contributed by atoms with Crippen LogP contribution in [0.15, 0.2) is 41.0 Å². The van der Waals surface area contributed by atoms with E-state index in [1.807, 2.05) is 43.9 Å². The number of ether oxygens (including phenoxy) is 1. The zero-order chi connectivity index (χ0) is 24.6. The number of nitrogens with two attached hydrogens (primary N) is 1. The molecule has 1 aliphatic heterocycles. The summed E-state index contributed by atoms with van der Waals surface area (Å²) in [6.45, 7) is 11.2. The van der Waals surface area contributed by atoms with Gasteiger partial charge in [-0.25, -0.2) is 14.8 Å². The fourth-order valence-electron chi connectivity index (χ4n) is 4.10. The Morgan fingerprint density at radius 2 is 1.79 bits per heavy atom. The van der Waals surface area contributed by atoms with Gasteiger partial charge >= 0.3 is 6.09 Å². The van der Waals surface area contributed by atoms with Crippen molar-refractivity contribution in [3.8, 4) is 0 Å². The summed E-state index contributed by atoms with van der Waals surface area (Å²) in [7, 11) is 0. The van der Waals surface area contributed by atoms with E-state index >= 15 is 0 Å². The number of fused-ring (bicyclic) bond motifs is 1. The Balaban J connectivity index is 1.43. The molecule has 0 radical (unpaired) electrons. The Morgan fingerprint density at radius 3 is 2.41 bits per heavy atom. The standard InChI is InChI=1S/C24H30BrN7O2/c1-14-12-31(13-15(2)32(14)23(33)34-24(3,4)5)18-8-6-17(7-9-18)28-22-27-11-16-10-19(25)20(26)29-21(16)30-22/h6-11,14-15H,12-13H2,1-5H3,(H3,26,27,28,29,30). The van der Waals surface area contributed by atoms with Gasteiger partial charge in [0.25, 0.3) is 0 Å². The first kappa shape index (κ1) is 24.0. The van der Waals surface area contributed by atoms with Gasteiger partial charge in [0.05, 0.1) is 16.6 Å². The molecule has 2 unspecified atom stereocenters. The third-order valence-corrected chi connectivity index (χ3v) is 6.20. The van der Waals surface area contributed by atoms with Crippen LogP contribution in [-0.2, 0) is 4.74 Å². The Labute approximate surface area is 207 Å². The number of nitrogens with one attached hydrogen (secondary N) is 1. The molecule has 3 aromatic rings. The van der Waals surface area contributed by atoms with Crippen LogP contribution in [0.1, 0.15) is 34.6 Å². The van der Waals surface area contributed by atoms with E-state index in [2.05, 4.69) is 67.1 Å². The molecular weight excluding hydrogens is 498 g/mol. The topological polar surface area (TPSA) is 109 Å². The van der Waals surface area contributed by atoms with Crippen LogP contribution >= 0.6 is 15.9 Å². The summed E-state index contributed by atoms with van der Waals surface area (Å²) < 4.78 is 6.32. The predicted octanol–water partition coefficient (Wildman–Crippen LogP) is 4.95. The first-order chi connectivity index (χ1) is 16.0. The van der Waals surface area contributed by atoms with Crippen molar-refractivity contribution in [3.05, 3.63) is 41.0 Å². The zero-order valence-electron chi connectivity index (χ0n) is 20.0. The Bertz CT molecular complexity index is 1180. The van der Waals surface area contributed by atoms with Crippen LogP contribution in [0.3, 0.4) is 0 Å². The minimum Gasteiger partial charge on any atom is -0.444 e. The summed E-state index contributed by atoms with van der Waals surface area (Å²) in [5, 5.41) is 4.02. The van der Waals surface area contributed by atoms with E-state index in [-0.39, 0.29) is 18.2 Å². The highest BCUT2D eigenvalue weighted by Crippen LogP contribution is 2.27. The summed E-state index contributed by atoms with van der Waals surface area (Å²) in [4.78, 5) is 29.9. The Kier molecular flexibility index (Phi) is 6.53. The highest BCUT2D eigenvalue weighted by molar-refractivity contribution is 9.10. The number of halogens is 1. The van der Waals surface area contributed by atoms with E-state index in [1.54, 1.807) is 6.20 Å². The van der Waals surface area contributed by atoms with Crippen LogP contribution in [0.2, 0.25) is 0 Å². The molecule has 1 aliphatic rings. The molecule has 34 heavy (non-hydrogen) atoms. The third kappa shape index (κ3) is 5.32. The summed E-state index contributed by atoms with van der Waals surface area (Å²) in [5.41, 5.74) is 7.85. The lowest BCUT2D eigenvalue weighted by atomic mass is 10.1. The summed E-state index contributed by atoms with van der Waals surface area (Å²) >= 11 is 3.37. The molecule has 0 spiro atoms. The second-order valence-electron chi connectivity index (χ2n) is 9.62. The number of nitrogens with zero attached hydrogens (tertiary/aromatic N) is 5. The van der Waals surface area contributed by atoms with Gasteiger partial charge in [0.2, 0.25) is 5.95 Å². The Hall–Kier alpha value is -3.14. The first-order valence-corrected chi connectivity index (χ1v) is 12.0. The van der Waals surface area contributed by atoms with Crippen molar-refractivity contribution in [3.63, 3.8) is 0 Å². The number of piperazine rings is 1. The summed E-state index contributed by atoms with van der Waals surface area (Å²) in [5.74, 6) is 0.833. The van der Waals surface area contributed by atoms with Gasteiger partial charge in [0, 0.05) is 36.0 Å². The molecule has 1 fully saturated rings. The molecule has 1 amide bonds. The minimum absolute atomic E-state index is 0.0300. The molecule has 3 N–H and O–H groups in total. The van der Waals surface area contributed by atoms with Crippen molar-refractivity contribution in [1.29, 1.82) is 0 Å². The number of nitrogen functional groups attached to an aromatic ring is 1. The summed E-state index contributed by atoms with van der Waals surface area (Å²) in [6, 6.07) is 9.99. The van der Waals surface area contributed by atoms with E-state index < -0.39 is 5.60 Å². The van der Waals surface area contributed by atoms with Crippen molar-refractivity contribution in [1.82, 2.24) is 19.9 Å². The molecule has 0 aliphatic carbocycles. The largest absolute Gasteiger partial charge is 0.444 e. The second-order valence-corrected chi connectivity index (χ2v) is 10.5. The van der Waals surface area contributed by atoms with Crippen molar-refractivity contribution in [2.75, 3.05) is 29.0 Å². The SMILES string of the molecule is CC1CN(c2ccc(Nc3ncc4cc(Br)c(N)nc4n3)cc2)CC(C)N1C(=O)OC(C)(C)C. The van der Waals surface area contributed by atoms with Gasteiger partial charge in [-0.15, -0.1) is 0 Å². The first-order valence-electron chi connectivity index (χ1n) is 11.2. The number of rotatable bonds is 3. The van der Waals surface area contributed by atoms with E-state index in [1.165, 1.54) is 0 Å². The van der Waals surface area contributed by atoms with Crippen LogP contribution in [0.25, 0.3) is 11.0 Å². The minimum atomic E-state index is -0.509. The highest BCUT2D eigenvalue weighted by atomic mass is 79.9. The Morgan fingerprint density at radius 1 is 1.15 bits per heavy atom. The van der Waals surface area contributed by atoms with E-state index in [9.17, 15) is 4.79 Å². The molecule has 4 rings (SSSR count). The molecule has 10 heteroatoms. The number of amides is 1. The molecule has 9 nitrogen and oxygen atoms in total. The lowest BCUT2D eigenvalue weighted by molar-refractivity contribution is 0.00566. The number of carbonyl (C=O) groups is 1. The molecule has 1 saturated heterocycles. The average Bonchev–Trinajstić information content (AvgIpc) is 2.73. The molecule has 0 bridgehead atoms. The van der Waals surface area contributed by atoms with Crippen molar-refractivity contribution in [2.24, 2.45) is 0 Å². The van der Waals surface area contributed by atoms with Crippen molar-refractivity contribution >= 4 is 56.2 Å². The quantitative estimate of drug-likeness (QED) is 0.492. The lowest BCUT2D eigenvalue weighted by Crippen LogP contribution is -2.59. The van der Waals surface area contributed by atoms with Gasteiger partial charge < -0.3 is 20.7 Å². The van der Waals surface area contributed by atoms with E-state index in [4.69, 9.17) is 10.5 Å². The molecule has 0 saturated carbocycles. The predicted molar refractivity (Wildman–Crippen MR) is 138 cm³/mol. The average molecular weight is 528 g/mol. The smallest absolute Gasteiger partial charge is 0.410 e. The molecule has 3 heterocycles. The highest BCUT2D eigenvalue weighted by Gasteiger charge is 2.35. The van der Waals surface area contributed by atoms with Gasteiger partial charge in [-0.1, -0.05) is 0 Å². The number of pyridine rings is 1. The summed E-state index contributed by atoms with van der Waals surface area (Å²) in [6.07, 6.45) is 1.45. The van der Waals surface area contributed by atoms with Crippen LogP contribution in [-0.4, -0.2) is 56.7 Å². The molecule has 1 aromatic carbocycles. The van der Waals surface area contributed by atoms with Crippen molar-refractivity contribution in [2.45, 2.75) is 52.3 Å². The maximum Gasteiger partial charge on any atom is 0.410 e. The number of hydrogen-bond acceptors (Lipinski definition) is 8. The van der Waals surface area contributed by atoms with Gasteiger partial charge in [0.1, 0.15) is 11.4 Å². The van der Waals surface area contributed by atoms with E-state index in [0.717, 1.165) is 34.3 Å². The van der Waals surface area contributed by atoms with Gasteiger partial charge in [0.15, 0.2) is 5.65 Å². The fraction of sp³-hybridized carbons (Fsp3) is 0.417. The number of hydrogen-bond donors (Lipinski definition) is 2. The third-order valence-electron chi connectivity index (χ3n) is 5.56. The second kappa shape index (κ2) is 9.25. The van der Waals surface area contributed by atoms with Crippen LogP contribution in [0.5, 0.6) is 0 Å². The van der Waals surface area contributed by atoms with Crippen LogP contribution in [0.4, 0.5) is 27.9 Å². The maximum absolute atomic E-state index is 12.7. The zero-order valence-corrected chi connectivity index (χ0v) is 21.6. The van der Waals surface area contributed by atoms with Gasteiger partial charge in [-0.05, 0) is 80.9 Å². The normalized spacial score (nSPS) is 18.8. The molecule has 180 valence electrons. The number of aromatic nitrogens is 3. The molecule has 2 aromatic heterocycles. The maximum atomic E-state index is 12.7. The molecule has 2 atom stereocenters. The van der Waals surface area contributed by atoms with Crippen LogP contribution < -0.4 is 16.0 Å². The van der Waals surface area contributed by atoms with Gasteiger partial charge in [-0.2, -0.15) is 4.98 Å². The van der Waals surface area contributed by atoms with Crippen molar-refractivity contribution < 1.29 is 9.53 Å². The number of benzene rings is 1. The fourth-order valence-corrected chi connectivity index (χ4v) is 4.44. The number of anilines is 4.